The number of aromatic nitrogens is 2. The van der Waals surface area contributed by atoms with Gasteiger partial charge in [0.05, 0.1) is 24.2 Å². The van der Waals surface area contributed by atoms with Gasteiger partial charge in [-0.1, -0.05) is 55.8 Å². The van der Waals surface area contributed by atoms with Crippen molar-refractivity contribution < 1.29 is 33.4 Å². The summed E-state index contributed by atoms with van der Waals surface area (Å²) in [7, 11) is 0. The number of hydrogen-bond acceptors (Lipinski definition) is 9. The number of halogens is 1. The van der Waals surface area contributed by atoms with Crippen LogP contribution in [0.2, 0.25) is 5.15 Å². The third kappa shape index (κ3) is 7.82. The van der Waals surface area contributed by atoms with Crippen molar-refractivity contribution in [3.63, 3.8) is 0 Å². The van der Waals surface area contributed by atoms with Crippen LogP contribution in [0.5, 0.6) is 5.88 Å². The number of ether oxygens (including phenoxy) is 3. The zero-order valence-corrected chi connectivity index (χ0v) is 27.7. The van der Waals surface area contributed by atoms with E-state index < -0.39 is 53.2 Å². The van der Waals surface area contributed by atoms with Gasteiger partial charge in [-0.05, 0) is 65.0 Å². The quantitative estimate of drug-likeness (QED) is 0.436. The lowest BCUT2D eigenvalue weighted by Gasteiger charge is -2.30. The van der Waals surface area contributed by atoms with Crippen LogP contribution in [-0.4, -0.2) is 81.2 Å². The number of para-hydroxylation sites is 2. The van der Waals surface area contributed by atoms with E-state index in [1.807, 2.05) is 12.1 Å². The van der Waals surface area contributed by atoms with Gasteiger partial charge < -0.3 is 29.7 Å². The van der Waals surface area contributed by atoms with Crippen molar-refractivity contribution in [1.29, 1.82) is 0 Å². The van der Waals surface area contributed by atoms with Gasteiger partial charge in [0.25, 0.3) is 5.88 Å². The number of fused-ring (bicyclic) bond motifs is 3. The zero-order chi connectivity index (χ0) is 33.1. The fraction of sp³-hybridized carbons (Fsp3) is 0.636. The number of hydrogen-bond donors (Lipinski definition) is 2. The van der Waals surface area contributed by atoms with Crippen molar-refractivity contribution >= 4 is 46.5 Å². The average molecular weight is 658 g/mol. The van der Waals surface area contributed by atoms with Crippen molar-refractivity contribution in [2.24, 2.45) is 5.92 Å². The first-order valence-electron chi connectivity index (χ1n) is 16.3. The van der Waals surface area contributed by atoms with Crippen LogP contribution in [0.1, 0.15) is 85.5 Å². The summed E-state index contributed by atoms with van der Waals surface area (Å²) in [4.78, 5) is 64.6. The predicted molar refractivity (Wildman–Crippen MR) is 170 cm³/mol. The van der Waals surface area contributed by atoms with E-state index in [1.54, 1.807) is 39.8 Å². The fourth-order valence-corrected chi connectivity index (χ4v) is 6.62. The minimum absolute atomic E-state index is 0.0318. The standard InChI is InChI=1S/C33H44ClN5O7/c1-5-44-30(42)33-18-20(33)13-9-7-6-8-10-16-24(37-31(43)46-32(2,3)4)29(41)39-19-21(17-25(39)27(40)38-33)45-28-26(34)35-22-14-11-12-15-23(22)36-28/h11-12,14-15,20-21,24-25H,5-10,13,16-19H2,1-4H3,(H,37,43)(H,38,40)/t20?,21-,24+,25+,33?/m1/s1. The molecule has 2 aliphatic heterocycles. The molecule has 12 nitrogen and oxygen atoms in total. The number of nitrogens with zero attached hydrogens (tertiary/aromatic N) is 3. The number of esters is 1. The van der Waals surface area contributed by atoms with Crippen molar-refractivity contribution in [3.05, 3.63) is 29.4 Å². The van der Waals surface area contributed by atoms with Crippen LogP contribution in [0.3, 0.4) is 0 Å². The first-order chi connectivity index (χ1) is 21.9. The molecule has 5 rings (SSSR count). The van der Waals surface area contributed by atoms with Crippen molar-refractivity contribution in [3.8, 4) is 5.88 Å². The Morgan fingerprint density at radius 3 is 2.43 bits per heavy atom. The summed E-state index contributed by atoms with van der Waals surface area (Å²) in [5, 5.41) is 5.81. The topological polar surface area (TPSA) is 149 Å². The van der Waals surface area contributed by atoms with Crippen LogP contribution in [0, 0.1) is 5.92 Å². The molecule has 1 aliphatic carbocycles. The largest absolute Gasteiger partial charge is 0.470 e. The van der Waals surface area contributed by atoms with E-state index in [1.165, 1.54) is 4.90 Å². The zero-order valence-electron chi connectivity index (χ0n) is 27.0. The first-order valence-corrected chi connectivity index (χ1v) is 16.7. The van der Waals surface area contributed by atoms with E-state index >= 15 is 0 Å². The number of nitrogens with one attached hydrogen (secondary N) is 2. The second-order valence-corrected chi connectivity index (χ2v) is 13.8. The van der Waals surface area contributed by atoms with Crippen molar-refractivity contribution in [1.82, 2.24) is 25.5 Å². The maximum absolute atomic E-state index is 14.2. The highest BCUT2D eigenvalue weighted by Crippen LogP contribution is 2.48. The summed E-state index contributed by atoms with van der Waals surface area (Å²) in [5.41, 5.74) is -0.693. The summed E-state index contributed by atoms with van der Waals surface area (Å²) in [6, 6.07) is 5.32. The fourth-order valence-electron chi connectivity index (χ4n) is 6.44. The summed E-state index contributed by atoms with van der Waals surface area (Å²) in [5.74, 6) is -1.30. The highest BCUT2D eigenvalue weighted by molar-refractivity contribution is 6.31. The monoisotopic (exact) mass is 657 g/mol. The van der Waals surface area contributed by atoms with Gasteiger partial charge in [-0.25, -0.2) is 19.6 Å². The molecule has 13 heteroatoms. The first kappa shape index (κ1) is 33.7. The summed E-state index contributed by atoms with van der Waals surface area (Å²) in [6.07, 6.45) is 4.82. The van der Waals surface area contributed by atoms with Crippen LogP contribution in [-0.2, 0) is 23.9 Å². The molecule has 0 spiro atoms. The Balaban J connectivity index is 1.44. The van der Waals surface area contributed by atoms with Crippen molar-refractivity contribution in [2.45, 2.75) is 115 Å². The van der Waals surface area contributed by atoms with Crippen LogP contribution in [0.25, 0.3) is 11.0 Å². The summed E-state index contributed by atoms with van der Waals surface area (Å²) in [6.45, 7) is 7.21. The van der Waals surface area contributed by atoms with Gasteiger partial charge in [0.2, 0.25) is 11.8 Å². The predicted octanol–water partition coefficient (Wildman–Crippen LogP) is 4.71. The third-order valence-corrected chi connectivity index (χ3v) is 9.00. The third-order valence-electron chi connectivity index (χ3n) is 8.75. The van der Waals surface area contributed by atoms with Crippen molar-refractivity contribution in [2.75, 3.05) is 13.2 Å². The SMILES string of the molecule is CCOC(=O)C12CC1CCCCCCC[C@H](NC(=O)OC(C)(C)C)C(=O)N1C[C@H](Oc3nc4ccccc4nc3Cl)C[C@H]1C(=O)N2. The Labute approximate surface area is 274 Å². The number of rotatable bonds is 5. The molecule has 2 N–H and O–H groups in total. The van der Waals surface area contributed by atoms with E-state index in [2.05, 4.69) is 20.6 Å². The molecule has 250 valence electrons. The van der Waals surface area contributed by atoms with Gasteiger partial charge in [-0.3, -0.25) is 9.59 Å². The molecule has 5 atom stereocenters. The van der Waals surface area contributed by atoms with Crippen LogP contribution in [0.4, 0.5) is 4.79 Å². The molecule has 1 saturated carbocycles. The Kier molecular flexibility index (Phi) is 10.2. The maximum atomic E-state index is 14.2. The highest BCUT2D eigenvalue weighted by Gasteiger charge is 2.62. The molecule has 0 bridgehead atoms. The number of amides is 3. The average Bonchev–Trinajstić information content (AvgIpc) is 3.52. The van der Waals surface area contributed by atoms with Gasteiger partial charge >= 0.3 is 12.1 Å². The summed E-state index contributed by atoms with van der Waals surface area (Å²) < 4.78 is 17.1. The van der Waals surface area contributed by atoms with Gasteiger partial charge in [-0.2, -0.15) is 0 Å². The maximum Gasteiger partial charge on any atom is 0.408 e. The molecule has 3 fully saturated rings. The van der Waals surface area contributed by atoms with E-state index in [4.69, 9.17) is 25.8 Å². The molecule has 3 heterocycles. The molecule has 2 unspecified atom stereocenters. The van der Waals surface area contributed by atoms with E-state index in [9.17, 15) is 19.2 Å². The van der Waals surface area contributed by atoms with Gasteiger partial charge in [0.15, 0.2) is 5.15 Å². The van der Waals surface area contributed by atoms with Crippen LogP contribution in [0.15, 0.2) is 24.3 Å². The Morgan fingerprint density at radius 2 is 1.74 bits per heavy atom. The summed E-state index contributed by atoms with van der Waals surface area (Å²) >= 11 is 6.44. The minimum Gasteiger partial charge on any atom is -0.470 e. The normalized spacial score (nSPS) is 27.4. The highest BCUT2D eigenvalue weighted by atomic mass is 35.5. The molecule has 2 aromatic rings. The second kappa shape index (κ2) is 14.0. The number of alkyl carbamates (subject to hydrolysis) is 1. The second-order valence-electron chi connectivity index (χ2n) is 13.4. The Hall–Kier alpha value is -3.67. The van der Waals surface area contributed by atoms with Crippen LogP contribution < -0.4 is 15.4 Å². The Bertz CT molecular complexity index is 1470. The number of benzene rings is 1. The number of carbonyl (C=O) groups excluding carboxylic acids is 4. The molecule has 1 aromatic heterocycles. The van der Waals surface area contributed by atoms with E-state index in [0.29, 0.717) is 30.3 Å². The molecule has 1 aromatic carbocycles. The smallest absolute Gasteiger partial charge is 0.408 e. The van der Waals surface area contributed by atoms with Gasteiger partial charge in [0, 0.05) is 6.42 Å². The molecule has 46 heavy (non-hydrogen) atoms. The van der Waals surface area contributed by atoms with E-state index in [0.717, 1.165) is 32.1 Å². The van der Waals surface area contributed by atoms with Crippen LogP contribution >= 0.6 is 11.6 Å². The lowest BCUT2D eigenvalue weighted by Crippen LogP contribution is -2.56. The lowest BCUT2D eigenvalue weighted by molar-refractivity contribution is -0.150. The van der Waals surface area contributed by atoms with E-state index in [-0.39, 0.29) is 36.5 Å². The molecule has 3 aliphatic rings. The molecular weight excluding hydrogens is 614 g/mol. The molecular formula is C33H44ClN5O7. The Morgan fingerprint density at radius 1 is 1.07 bits per heavy atom. The number of carbonyl (C=O) groups is 4. The minimum atomic E-state index is -1.12. The lowest BCUT2D eigenvalue weighted by atomic mass is 10.0. The van der Waals surface area contributed by atoms with Gasteiger partial charge in [-0.15, -0.1) is 0 Å². The van der Waals surface area contributed by atoms with Gasteiger partial charge in [0.1, 0.15) is 29.3 Å². The molecule has 0 radical (unpaired) electrons. The molecule has 2 saturated heterocycles. The molecule has 3 amide bonds.